The zero-order chi connectivity index (χ0) is 10.9. The van der Waals surface area contributed by atoms with Crippen molar-refractivity contribution in [3.63, 3.8) is 0 Å². The van der Waals surface area contributed by atoms with E-state index >= 15 is 0 Å². The number of rotatable bonds is 8. The molecule has 1 aromatic rings. The summed E-state index contributed by atoms with van der Waals surface area (Å²) in [5.41, 5.74) is 0. The second kappa shape index (κ2) is 8.13. The van der Waals surface area contributed by atoms with Crippen LogP contribution < -0.4 is 5.32 Å². The van der Waals surface area contributed by atoms with Gasteiger partial charge in [0, 0.05) is 24.0 Å². The summed E-state index contributed by atoms with van der Waals surface area (Å²) in [6.45, 7) is 3.33. The Kier molecular flexibility index (Phi) is 7.05. The monoisotopic (exact) mass is 244 g/mol. The van der Waals surface area contributed by atoms with Crippen LogP contribution in [0.1, 0.15) is 24.8 Å². The van der Waals surface area contributed by atoms with E-state index in [0.29, 0.717) is 6.04 Å². The lowest BCUT2D eigenvalue weighted by molar-refractivity contribution is 0.497. The van der Waals surface area contributed by atoms with Crippen molar-refractivity contribution < 1.29 is 0 Å². The highest BCUT2D eigenvalue weighted by Gasteiger charge is 2.09. The Labute approximate surface area is 101 Å². The molecule has 0 saturated heterocycles. The van der Waals surface area contributed by atoms with Gasteiger partial charge >= 0.3 is 0 Å². The van der Waals surface area contributed by atoms with Crippen LogP contribution in [-0.4, -0.2) is 29.6 Å². The maximum absolute atomic E-state index is 4.34. The molecule has 0 saturated carbocycles. The number of nitrogens with zero attached hydrogens (tertiary/aromatic N) is 1. The Balaban J connectivity index is 2.33. The summed E-state index contributed by atoms with van der Waals surface area (Å²) in [6.07, 6.45) is 7.58. The van der Waals surface area contributed by atoms with Gasteiger partial charge in [-0.05, 0) is 31.4 Å². The number of hydrogen-bond acceptors (Lipinski definition) is 4. The molecule has 1 rings (SSSR count). The van der Waals surface area contributed by atoms with Crippen LogP contribution in [0.15, 0.2) is 11.6 Å². The lowest BCUT2D eigenvalue weighted by atomic mass is 10.1. The van der Waals surface area contributed by atoms with Crippen molar-refractivity contribution in [3.8, 4) is 0 Å². The number of thiazole rings is 1. The fraction of sp³-hybridized carbons (Fsp3) is 0.727. The van der Waals surface area contributed by atoms with E-state index in [1.54, 1.807) is 11.3 Å². The van der Waals surface area contributed by atoms with Gasteiger partial charge in [-0.15, -0.1) is 11.3 Å². The van der Waals surface area contributed by atoms with Crippen LogP contribution in [0, 0.1) is 0 Å². The first-order valence-corrected chi connectivity index (χ1v) is 7.74. The second-order valence-electron chi connectivity index (χ2n) is 3.56. The Morgan fingerprint density at radius 2 is 2.47 bits per heavy atom. The smallest absolute Gasteiger partial charge is 0.0940 e. The number of thioether (sulfide) groups is 1. The minimum Gasteiger partial charge on any atom is -0.314 e. The lowest BCUT2D eigenvalue weighted by Gasteiger charge is -2.16. The van der Waals surface area contributed by atoms with E-state index in [1.165, 1.54) is 23.6 Å². The van der Waals surface area contributed by atoms with Gasteiger partial charge in [0.2, 0.25) is 0 Å². The largest absolute Gasteiger partial charge is 0.314 e. The molecule has 1 N–H and O–H groups in total. The molecule has 0 aliphatic rings. The topological polar surface area (TPSA) is 24.9 Å². The molecule has 0 amide bonds. The first-order valence-electron chi connectivity index (χ1n) is 5.47. The molecule has 4 heteroatoms. The molecule has 0 radical (unpaired) electrons. The van der Waals surface area contributed by atoms with E-state index in [9.17, 15) is 0 Å². The summed E-state index contributed by atoms with van der Waals surface area (Å²) in [4.78, 5) is 4.34. The average molecular weight is 244 g/mol. The van der Waals surface area contributed by atoms with Crippen LogP contribution in [0.3, 0.4) is 0 Å². The van der Waals surface area contributed by atoms with Gasteiger partial charge in [0.05, 0.1) is 5.01 Å². The normalized spacial score (nSPS) is 12.9. The quantitative estimate of drug-likeness (QED) is 0.761. The highest BCUT2D eigenvalue weighted by Crippen LogP contribution is 2.11. The van der Waals surface area contributed by atoms with E-state index in [2.05, 4.69) is 28.9 Å². The zero-order valence-electron chi connectivity index (χ0n) is 9.53. The molecule has 86 valence electrons. The SMILES string of the molecule is CCCNC(CCSC)Cc1nccs1. The van der Waals surface area contributed by atoms with E-state index in [0.717, 1.165) is 13.0 Å². The molecule has 1 atom stereocenters. The molecule has 1 unspecified atom stereocenters. The molecule has 0 aromatic carbocycles. The molecular weight excluding hydrogens is 224 g/mol. The molecule has 0 bridgehead atoms. The molecule has 0 spiro atoms. The summed E-state index contributed by atoms with van der Waals surface area (Å²) in [5.74, 6) is 1.23. The number of aromatic nitrogens is 1. The second-order valence-corrected chi connectivity index (χ2v) is 5.53. The van der Waals surface area contributed by atoms with Crippen LogP contribution in [0.2, 0.25) is 0 Å². The first kappa shape index (κ1) is 13.0. The Morgan fingerprint density at radius 1 is 1.60 bits per heavy atom. The molecule has 0 fully saturated rings. The summed E-state index contributed by atoms with van der Waals surface area (Å²) < 4.78 is 0. The van der Waals surface area contributed by atoms with Gasteiger partial charge in [-0.1, -0.05) is 6.92 Å². The molecule has 1 aromatic heterocycles. The predicted octanol–water partition coefficient (Wildman–Crippen LogP) is 2.81. The molecule has 0 aliphatic heterocycles. The van der Waals surface area contributed by atoms with Gasteiger partial charge in [-0.2, -0.15) is 11.8 Å². The van der Waals surface area contributed by atoms with E-state index < -0.39 is 0 Å². The molecule has 1 heterocycles. The Bertz CT molecular complexity index is 229. The van der Waals surface area contributed by atoms with Crippen molar-refractivity contribution in [1.29, 1.82) is 0 Å². The minimum absolute atomic E-state index is 0.601. The highest BCUT2D eigenvalue weighted by atomic mass is 32.2. The first-order chi connectivity index (χ1) is 7.36. The van der Waals surface area contributed by atoms with Crippen molar-refractivity contribution in [3.05, 3.63) is 16.6 Å². The van der Waals surface area contributed by atoms with Gasteiger partial charge in [-0.3, -0.25) is 0 Å². The summed E-state index contributed by atoms with van der Waals surface area (Å²) in [6, 6.07) is 0.601. The molecule has 2 nitrogen and oxygen atoms in total. The fourth-order valence-corrected chi connectivity index (χ4v) is 2.67. The van der Waals surface area contributed by atoms with Gasteiger partial charge in [0.15, 0.2) is 0 Å². The Morgan fingerprint density at radius 3 is 3.07 bits per heavy atom. The summed E-state index contributed by atoms with van der Waals surface area (Å²) in [7, 11) is 0. The summed E-state index contributed by atoms with van der Waals surface area (Å²) in [5, 5.41) is 6.91. The predicted molar refractivity (Wildman–Crippen MR) is 70.9 cm³/mol. The lowest BCUT2D eigenvalue weighted by Crippen LogP contribution is -2.32. The van der Waals surface area contributed by atoms with Gasteiger partial charge in [0.25, 0.3) is 0 Å². The van der Waals surface area contributed by atoms with Crippen molar-refractivity contribution in [1.82, 2.24) is 10.3 Å². The highest BCUT2D eigenvalue weighted by molar-refractivity contribution is 7.98. The van der Waals surface area contributed by atoms with Crippen LogP contribution in [0.4, 0.5) is 0 Å². The van der Waals surface area contributed by atoms with Crippen molar-refractivity contribution >= 4 is 23.1 Å². The number of hydrogen-bond donors (Lipinski definition) is 1. The number of nitrogens with one attached hydrogen (secondary N) is 1. The van der Waals surface area contributed by atoms with E-state index in [1.807, 2.05) is 18.0 Å². The Hall–Kier alpha value is -0.0600. The maximum atomic E-state index is 4.34. The molecular formula is C11H20N2S2. The standard InChI is InChI=1S/C11H20N2S2/c1-3-5-12-10(4-7-14-2)9-11-13-6-8-15-11/h6,8,10,12H,3-5,7,9H2,1-2H3. The van der Waals surface area contributed by atoms with Crippen LogP contribution in [0.5, 0.6) is 0 Å². The van der Waals surface area contributed by atoms with Crippen LogP contribution in [-0.2, 0) is 6.42 Å². The van der Waals surface area contributed by atoms with Gasteiger partial charge in [-0.25, -0.2) is 4.98 Å². The van der Waals surface area contributed by atoms with Crippen LogP contribution >= 0.6 is 23.1 Å². The maximum Gasteiger partial charge on any atom is 0.0940 e. The third-order valence-electron chi connectivity index (χ3n) is 2.26. The zero-order valence-corrected chi connectivity index (χ0v) is 11.2. The molecule has 15 heavy (non-hydrogen) atoms. The van der Waals surface area contributed by atoms with E-state index in [-0.39, 0.29) is 0 Å². The third kappa shape index (κ3) is 5.54. The van der Waals surface area contributed by atoms with Crippen molar-refractivity contribution in [2.24, 2.45) is 0 Å². The third-order valence-corrected chi connectivity index (χ3v) is 3.70. The summed E-state index contributed by atoms with van der Waals surface area (Å²) >= 11 is 3.68. The van der Waals surface area contributed by atoms with Gasteiger partial charge < -0.3 is 5.32 Å². The van der Waals surface area contributed by atoms with Crippen molar-refractivity contribution in [2.45, 2.75) is 32.2 Å². The van der Waals surface area contributed by atoms with E-state index in [4.69, 9.17) is 0 Å². The van der Waals surface area contributed by atoms with Crippen molar-refractivity contribution in [2.75, 3.05) is 18.6 Å². The molecule has 0 aliphatic carbocycles. The van der Waals surface area contributed by atoms with Gasteiger partial charge in [0.1, 0.15) is 0 Å². The fourth-order valence-electron chi connectivity index (χ4n) is 1.45. The average Bonchev–Trinajstić information content (AvgIpc) is 2.74. The van der Waals surface area contributed by atoms with Crippen LogP contribution in [0.25, 0.3) is 0 Å². The minimum atomic E-state index is 0.601.